The standard InChI is InChI=1S/C15H18N6O3S/c1-9(13(23)19-14(24)16-3)25-15-20-17-8-21(15)12-6-4-5-11(7-12)18-10(2)22/h4-9H,1-3H3,(H,18,22)(H2,16,19,23,24)/t9-/m0/s1. The number of amides is 4. The summed E-state index contributed by atoms with van der Waals surface area (Å²) in [5, 5.41) is 15.1. The minimum atomic E-state index is -0.568. The van der Waals surface area contributed by atoms with Crippen LogP contribution in [0, 0.1) is 0 Å². The first-order chi connectivity index (χ1) is 11.9. The predicted molar refractivity (Wildman–Crippen MR) is 93.6 cm³/mol. The van der Waals surface area contributed by atoms with Gasteiger partial charge in [-0.1, -0.05) is 17.8 Å². The lowest BCUT2D eigenvalue weighted by molar-refractivity contribution is -0.119. The van der Waals surface area contributed by atoms with Gasteiger partial charge in [0.2, 0.25) is 11.8 Å². The van der Waals surface area contributed by atoms with Gasteiger partial charge in [0.1, 0.15) is 6.33 Å². The number of thioether (sulfide) groups is 1. The van der Waals surface area contributed by atoms with Gasteiger partial charge >= 0.3 is 6.03 Å². The molecular weight excluding hydrogens is 344 g/mol. The molecule has 2 aromatic rings. The minimum Gasteiger partial charge on any atom is -0.341 e. The van der Waals surface area contributed by atoms with E-state index in [9.17, 15) is 14.4 Å². The number of benzene rings is 1. The second kappa shape index (κ2) is 8.29. The lowest BCUT2D eigenvalue weighted by Crippen LogP contribution is -2.41. The number of nitrogens with zero attached hydrogens (tertiary/aromatic N) is 3. The first-order valence-corrected chi connectivity index (χ1v) is 8.26. The van der Waals surface area contributed by atoms with Crippen molar-refractivity contribution in [1.29, 1.82) is 0 Å². The Morgan fingerprint density at radius 1 is 1.28 bits per heavy atom. The summed E-state index contributed by atoms with van der Waals surface area (Å²) in [7, 11) is 1.43. The zero-order chi connectivity index (χ0) is 18.4. The average molecular weight is 362 g/mol. The molecule has 1 atom stereocenters. The largest absolute Gasteiger partial charge is 0.341 e. The van der Waals surface area contributed by atoms with Crippen molar-refractivity contribution in [2.45, 2.75) is 24.3 Å². The number of rotatable bonds is 5. The predicted octanol–water partition coefficient (Wildman–Crippen LogP) is 1.16. The van der Waals surface area contributed by atoms with Crippen LogP contribution in [0.4, 0.5) is 10.5 Å². The van der Waals surface area contributed by atoms with Crippen molar-refractivity contribution in [3.63, 3.8) is 0 Å². The van der Waals surface area contributed by atoms with Crippen LogP contribution in [-0.4, -0.2) is 44.9 Å². The van der Waals surface area contributed by atoms with E-state index in [0.717, 1.165) is 17.4 Å². The number of nitrogens with one attached hydrogen (secondary N) is 3. The molecule has 9 nitrogen and oxygen atoms in total. The lowest BCUT2D eigenvalue weighted by atomic mass is 10.2. The molecule has 0 saturated heterocycles. The Morgan fingerprint density at radius 2 is 2.04 bits per heavy atom. The Balaban J connectivity index is 2.16. The molecule has 25 heavy (non-hydrogen) atoms. The number of anilines is 1. The van der Waals surface area contributed by atoms with Gasteiger partial charge in [-0.25, -0.2) is 4.79 Å². The normalized spacial score (nSPS) is 11.5. The lowest BCUT2D eigenvalue weighted by Gasteiger charge is -2.12. The molecule has 0 aliphatic heterocycles. The number of hydrogen-bond acceptors (Lipinski definition) is 6. The average Bonchev–Trinajstić information content (AvgIpc) is 3.02. The number of imide groups is 1. The van der Waals surface area contributed by atoms with Crippen molar-refractivity contribution in [3.8, 4) is 5.69 Å². The van der Waals surface area contributed by atoms with Gasteiger partial charge < -0.3 is 10.6 Å². The zero-order valence-electron chi connectivity index (χ0n) is 13.9. The van der Waals surface area contributed by atoms with Gasteiger partial charge in [0.05, 0.1) is 10.9 Å². The molecule has 0 aliphatic carbocycles. The van der Waals surface area contributed by atoms with Crippen molar-refractivity contribution in [1.82, 2.24) is 25.4 Å². The molecular formula is C15H18N6O3S. The van der Waals surface area contributed by atoms with Crippen LogP contribution in [0.25, 0.3) is 5.69 Å². The molecule has 0 radical (unpaired) electrons. The van der Waals surface area contributed by atoms with Gasteiger partial charge in [0.25, 0.3) is 0 Å². The quantitative estimate of drug-likeness (QED) is 0.687. The second-order valence-corrected chi connectivity index (χ2v) is 6.35. The molecule has 0 unspecified atom stereocenters. The summed E-state index contributed by atoms with van der Waals surface area (Å²) in [6.07, 6.45) is 1.51. The van der Waals surface area contributed by atoms with Crippen molar-refractivity contribution in [2.75, 3.05) is 12.4 Å². The number of aromatic nitrogens is 3. The summed E-state index contributed by atoms with van der Waals surface area (Å²) in [6, 6.07) is 6.58. The highest BCUT2D eigenvalue weighted by molar-refractivity contribution is 8.00. The summed E-state index contributed by atoms with van der Waals surface area (Å²) >= 11 is 1.16. The molecule has 3 N–H and O–H groups in total. The fraction of sp³-hybridized carbons (Fsp3) is 0.267. The van der Waals surface area contributed by atoms with E-state index in [2.05, 4.69) is 26.1 Å². The molecule has 0 spiro atoms. The third-order valence-electron chi connectivity index (χ3n) is 3.08. The number of hydrogen-bond donors (Lipinski definition) is 3. The Bertz CT molecular complexity index is 791. The fourth-order valence-corrected chi connectivity index (χ4v) is 2.75. The SMILES string of the molecule is CNC(=O)NC(=O)[C@H](C)Sc1nncn1-c1cccc(NC(C)=O)c1. The number of carbonyl (C=O) groups excluding carboxylic acids is 3. The van der Waals surface area contributed by atoms with Gasteiger partial charge in [-0.2, -0.15) is 0 Å². The van der Waals surface area contributed by atoms with E-state index in [-0.39, 0.29) is 5.91 Å². The molecule has 1 aromatic heterocycles. The van der Waals surface area contributed by atoms with Crippen LogP contribution in [0.1, 0.15) is 13.8 Å². The number of urea groups is 1. The van der Waals surface area contributed by atoms with Crippen molar-refractivity contribution < 1.29 is 14.4 Å². The first-order valence-electron chi connectivity index (χ1n) is 7.38. The highest BCUT2D eigenvalue weighted by atomic mass is 32.2. The van der Waals surface area contributed by atoms with Crippen LogP contribution in [-0.2, 0) is 9.59 Å². The van der Waals surface area contributed by atoms with Crippen molar-refractivity contribution in [2.24, 2.45) is 0 Å². The number of carbonyl (C=O) groups is 3. The fourth-order valence-electron chi connectivity index (χ4n) is 1.91. The van der Waals surface area contributed by atoms with Gasteiger partial charge in [-0.05, 0) is 25.1 Å². The Labute approximate surface area is 148 Å². The van der Waals surface area contributed by atoms with Crippen molar-refractivity contribution >= 4 is 35.3 Å². The second-order valence-electron chi connectivity index (χ2n) is 5.04. The molecule has 0 saturated carbocycles. The molecule has 4 amide bonds. The third-order valence-corrected chi connectivity index (χ3v) is 4.13. The first kappa shape index (κ1) is 18.5. The molecule has 10 heteroatoms. The van der Waals surface area contributed by atoms with E-state index in [4.69, 9.17) is 0 Å². The van der Waals surface area contributed by atoms with Crippen LogP contribution in [0.3, 0.4) is 0 Å². The maximum atomic E-state index is 12.0. The molecule has 1 heterocycles. The zero-order valence-corrected chi connectivity index (χ0v) is 14.8. The van der Waals surface area contributed by atoms with Gasteiger partial charge in [0, 0.05) is 19.7 Å². The summed E-state index contributed by atoms with van der Waals surface area (Å²) < 4.78 is 1.69. The van der Waals surface area contributed by atoms with E-state index >= 15 is 0 Å². The van der Waals surface area contributed by atoms with Crippen molar-refractivity contribution in [3.05, 3.63) is 30.6 Å². The van der Waals surface area contributed by atoms with Crippen LogP contribution < -0.4 is 16.0 Å². The summed E-state index contributed by atoms with van der Waals surface area (Å²) in [5.74, 6) is -0.610. The molecule has 0 fully saturated rings. The molecule has 0 bridgehead atoms. The van der Waals surface area contributed by atoms with Crippen LogP contribution >= 0.6 is 11.8 Å². The third kappa shape index (κ3) is 5.05. The molecule has 0 aliphatic rings. The van der Waals surface area contributed by atoms with Gasteiger partial charge in [-0.3, -0.25) is 19.5 Å². The highest BCUT2D eigenvalue weighted by Gasteiger charge is 2.20. The van der Waals surface area contributed by atoms with Crippen LogP contribution in [0.5, 0.6) is 0 Å². The smallest absolute Gasteiger partial charge is 0.321 e. The monoisotopic (exact) mass is 362 g/mol. The summed E-state index contributed by atoms with van der Waals surface area (Å²) in [4.78, 5) is 34.4. The van der Waals surface area contributed by atoms with Crippen LogP contribution in [0.2, 0.25) is 0 Å². The Hall–Kier alpha value is -2.88. The maximum Gasteiger partial charge on any atom is 0.321 e. The topological polar surface area (TPSA) is 118 Å². The molecule has 1 aromatic carbocycles. The Morgan fingerprint density at radius 3 is 2.72 bits per heavy atom. The van der Waals surface area contributed by atoms with Gasteiger partial charge in [-0.15, -0.1) is 10.2 Å². The molecule has 2 rings (SSSR count). The van der Waals surface area contributed by atoms with Crippen LogP contribution in [0.15, 0.2) is 35.7 Å². The van der Waals surface area contributed by atoms with E-state index < -0.39 is 17.2 Å². The van der Waals surface area contributed by atoms with E-state index in [1.165, 1.54) is 20.3 Å². The molecule has 132 valence electrons. The summed E-state index contributed by atoms with van der Waals surface area (Å²) in [5.41, 5.74) is 1.37. The minimum absolute atomic E-state index is 0.171. The van der Waals surface area contributed by atoms with E-state index in [1.807, 2.05) is 6.07 Å². The maximum absolute atomic E-state index is 12.0. The highest BCUT2D eigenvalue weighted by Crippen LogP contribution is 2.25. The van der Waals surface area contributed by atoms with E-state index in [0.29, 0.717) is 10.8 Å². The Kier molecular flexibility index (Phi) is 6.12. The summed E-state index contributed by atoms with van der Waals surface area (Å²) in [6.45, 7) is 3.09. The van der Waals surface area contributed by atoms with Gasteiger partial charge in [0.15, 0.2) is 5.16 Å². The van der Waals surface area contributed by atoms with E-state index in [1.54, 1.807) is 29.7 Å².